The molecule has 0 spiro atoms. The molecule has 1 aromatic carbocycles. The van der Waals surface area contributed by atoms with Gasteiger partial charge in [-0.25, -0.2) is 4.79 Å². The summed E-state index contributed by atoms with van der Waals surface area (Å²) >= 11 is 0. The second kappa shape index (κ2) is 8.09. The molecular weight excluding hydrogens is 328 g/mol. The van der Waals surface area contributed by atoms with E-state index < -0.39 is 10.9 Å². The molecule has 0 radical (unpaired) electrons. The van der Waals surface area contributed by atoms with E-state index in [9.17, 15) is 19.7 Å². The zero-order valence-electron chi connectivity index (χ0n) is 13.9. The first kappa shape index (κ1) is 18.2. The minimum atomic E-state index is -0.742. The van der Waals surface area contributed by atoms with Crippen LogP contribution in [0.4, 0.5) is 5.69 Å². The summed E-state index contributed by atoms with van der Waals surface area (Å²) in [7, 11) is 0. The monoisotopic (exact) mass is 346 g/mol. The Bertz CT molecular complexity index is 762. The predicted octanol–water partition coefficient (Wildman–Crippen LogP) is 2.88. The van der Waals surface area contributed by atoms with Gasteiger partial charge in [-0.2, -0.15) is 0 Å². The number of rotatable bonds is 7. The molecule has 0 aliphatic carbocycles. The third kappa shape index (κ3) is 4.43. The number of nitrogens with zero attached hydrogens (tertiary/aromatic N) is 2. The fourth-order valence-corrected chi connectivity index (χ4v) is 2.22. The zero-order chi connectivity index (χ0) is 18.4. The third-order valence-corrected chi connectivity index (χ3v) is 3.61. The van der Waals surface area contributed by atoms with Crippen LogP contribution in [0, 0.1) is 10.1 Å². The van der Waals surface area contributed by atoms with Gasteiger partial charge in [-0.3, -0.25) is 14.9 Å². The Kier molecular flexibility index (Phi) is 5.89. The van der Waals surface area contributed by atoms with Crippen molar-refractivity contribution in [2.75, 3.05) is 19.7 Å². The molecule has 0 saturated heterocycles. The van der Waals surface area contributed by atoms with Crippen molar-refractivity contribution in [1.82, 2.24) is 4.90 Å². The molecule has 0 aliphatic heterocycles. The normalized spacial score (nSPS) is 10.3. The molecule has 1 heterocycles. The van der Waals surface area contributed by atoms with Crippen molar-refractivity contribution in [2.45, 2.75) is 13.8 Å². The van der Waals surface area contributed by atoms with Crippen molar-refractivity contribution in [3.63, 3.8) is 0 Å². The molecule has 0 aliphatic rings. The van der Waals surface area contributed by atoms with Gasteiger partial charge in [0.1, 0.15) is 5.76 Å². The number of carbonyl (C=O) groups is 2. The third-order valence-electron chi connectivity index (χ3n) is 3.61. The van der Waals surface area contributed by atoms with E-state index in [1.807, 2.05) is 13.8 Å². The van der Waals surface area contributed by atoms with Crippen LogP contribution in [0.5, 0.6) is 0 Å². The molecule has 2 aromatic rings. The first-order valence-electron chi connectivity index (χ1n) is 7.75. The molecule has 0 bridgehead atoms. The number of carbonyl (C=O) groups excluding carboxylic acids is 2. The van der Waals surface area contributed by atoms with E-state index in [4.69, 9.17) is 9.15 Å². The Hall–Kier alpha value is -3.16. The Labute approximate surface area is 144 Å². The average molecular weight is 346 g/mol. The first-order valence-corrected chi connectivity index (χ1v) is 7.75. The highest BCUT2D eigenvalue weighted by molar-refractivity contribution is 5.89. The average Bonchev–Trinajstić information content (AvgIpc) is 3.11. The quantitative estimate of drug-likeness (QED) is 0.434. The number of furan rings is 1. The lowest BCUT2D eigenvalue weighted by atomic mass is 10.1. The number of nitro groups is 1. The second-order valence-electron chi connectivity index (χ2n) is 5.11. The molecule has 8 heteroatoms. The molecule has 0 atom stereocenters. The molecule has 132 valence electrons. The molecular formula is C17H18N2O6. The summed E-state index contributed by atoms with van der Waals surface area (Å²) in [6, 6.07) is 8.73. The minimum Gasteiger partial charge on any atom is -0.450 e. The summed E-state index contributed by atoms with van der Waals surface area (Å²) in [4.78, 5) is 35.5. The van der Waals surface area contributed by atoms with Crippen LogP contribution in [0.2, 0.25) is 0 Å². The molecule has 0 saturated carbocycles. The lowest BCUT2D eigenvalue weighted by molar-refractivity contribution is -0.384. The van der Waals surface area contributed by atoms with Gasteiger partial charge < -0.3 is 14.1 Å². The molecule has 0 N–H and O–H groups in total. The van der Waals surface area contributed by atoms with Gasteiger partial charge in [-0.05, 0) is 38.1 Å². The number of ether oxygens (including phenoxy) is 1. The molecule has 25 heavy (non-hydrogen) atoms. The van der Waals surface area contributed by atoms with Crippen LogP contribution in [0.3, 0.4) is 0 Å². The van der Waals surface area contributed by atoms with Crippen LogP contribution >= 0.6 is 0 Å². The van der Waals surface area contributed by atoms with Crippen LogP contribution < -0.4 is 0 Å². The Morgan fingerprint density at radius 2 is 1.76 bits per heavy atom. The van der Waals surface area contributed by atoms with Gasteiger partial charge in [0.15, 0.2) is 6.61 Å². The van der Waals surface area contributed by atoms with Crippen LogP contribution in [0.25, 0.3) is 11.3 Å². The van der Waals surface area contributed by atoms with E-state index in [2.05, 4.69) is 0 Å². The fraction of sp³-hybridized carbons (Fsp3) is 0.294. The topological polar surface area (TPSA) is 103 Å². The van der Waals surface area contributed by atoms with E-state index in [-0.39, 0.29) is 24.0 Å². The summed E-state index contributed by atoms with van der Waals surface area (Å²) in [6.45, 7) is 4.41. The van der Waals surface area contributed by atoms with Gasteiger partial charge in [0.05, 0.1) is 4.92 Å². The molecule has 1 amide bonds. The number of non-ortho nitro benzene ring substituents is 1. The Morgan fingerprint density at radius 3 is 2.32 bits per heavy atom. The van der Waals surface area contributed by atoms with E-state index in [1.54, 1.807) is 11.0 Å². The number of amides is 1. The maximum atomic E-state index is 12.0. The van der Waals surface area contributed by atoms with Crippen molar-refractivity contribution in [1.29, 1.82) is 0 Å². The van der Waals surface area contributed by atoms with Gasteiger partial charge in [-0.1, -0.05) is 0 Å². The van der Waals surface area contributed by atoms with Crippen LogP contribution in [-0.4, -0.2) is 41.4 Å². The fourth-order valence-electron chi connectivity index (χ4n) is 2.22. The zero-order valence-corrected chi connectivity index (χ0v) is 13.9. The highest BCUT2D eigenvalue weighted by Gasteiger charge is 2.17. The van der Waals surface area contributed by atoms with E-state index in [0.717, 1.165) is 0 Å². The van der Waals surface area contributed by atoms with Gasteiger partial charge in [0.25, 0.3) is 11.6 Å². The van der Waals surface area contributed by atoms with Gasteiger partial charge in [-0.15, -0.1) is 0 Å². The van der Waals surface area contributed by atoms with Crippen molar-refractivity contribution in [3.05, 3.63) is 52.3 Å². The van der Waals surface area contributed by atoms with Gasteiger partial charge in [0.2, 0.25) is 5.76 Å². The number of hydrogen-bond donors (Lipinski definition) is 0. The molecule has 1 aromatic heterocycles. The smallest absolute Gasteiger partial charge is 0.374 e. The van der Waals surface area contributed by atoms with Crippen molar-refractivity contribution in [3.8, 4) is 11.3 Å². The summed E-state index contributed by atoms with van der Waals surface area (Å²) in [5.41, 5.74) is 0.550. The first-order chi connectivity index (χ1) is 12.0. The Morgan fingerprint density at radius 1 is 1.12 bits per heavy atom. The minimum absolute atomic E-state index is 0.0372. The summed E-state index contributed by atoms with van der Waals surface area (Å²) in [6.07, 6.45) is 0. The van der Waals surface area contributed by atoms with Crippen molar-refractivity contribution < 1.29 is 23.7 Å². The highest BCUT2D eigenvalue weighted by atomic mass is 16.6. The maximum Gasteiger partial charge on any atom is 0.374 e. The number of esters is 1. The SMILES string of the molecule is CCN(CC)C(=O)COC(=O)c1ccc(-c2ccc([N+](=O)[O-])cc2)o1. The van der Waals surface area contributed by atoms with Crippen LogP contribution in [0.15, 0.2) is 40.8 Å². The lowest BCUT2D eigenvalue weighted by Crippen LogP contribution is -2.34. The number of benzene rings is 1. The van der Waals surface area contributed by atoms with Crippen molar-refractivity contribution in [2.24, 2.45) is 0 Å². The highest BCUT2D eigenvalue weighted by Crippen LogP contribution is 2.24. The van der Waals surface area contributed by atoms with E-state index >= 15 is 0 Å². The number of hydrogen-bond acceptors (Lipinski definition) is 6. The summed E-state index contributed by atoms with van der Waals surface area (Å²) < 4.78 is 10.4. The number of likely N-dealkylation sites (N-methyl/N-ethyl adjacent to an activating group) is 1. The molecule has 8 nitrogen and oxygen atoms in total. The molecule has 0 fully saturated rings. The summed E-state index contributed by atoms with van der Waals surface area (Å²) in [5.74, 6) is -0.688. The standard InChI is InChI=1S/C17H18N2O6/c1-3-18(4-2)16(20)11-24-17(21)15-10-9-14(25-15)12-5-7-13(8-6-12)19(22)23/h5-10H,3-4,11H2,1-2H3. The number of nitro benzene ring substituents is 1. The molecule has 2 rings (SSSR count). The van der Waals surface area contributed by atoms with Gasteiger partial charge in [0, 0.05) is 30.8 Å². The maximum absolute atomic E-state index is 12.0. The lowest BCUT2D eigenvalue weighted by Gasteiger charge is -2.17. The predicted molar refractivity (Wildman–Crippen MR) is 89.0 cm³/mol. The van der Waals surface area contributed by atoms with Crippen LogP contribution in [0.1, 0.15) is 24.4 Å². The molecule has 0 unspecified atom stereocenters. The van der Waals surface area contributed by atoms with Gasteiger partial charge >= 0.3 is 5.97 Å². The van der Waals surface area contributed by atoms with Crippen molar-refractivity contribution >= 4 is 17.6 Å². The Balaban J connectivity index is 2.01. The van der Waals surface area contributed by atoms with E-state index in [1.165, 1.54) is 30.3 Å². The second-order valence-corrected chi connectivity index (χ2v) is 5.11. The summed E-state index contributed by atoms with van der Waals surface area (Å²) in [5, 5.41) is 10.7. The van der Waals surface area contributed by atoms with E-state index in [0.29, 0.717) is 24.4 Å². The van der Waals surface area contributed by atoms with Crippen LogP contribution in [-0.2, 0) is 9.53 Å². The largest absolute Gasteiger partial charge is 0.450 e.